The van der Waals surface area contributed by atoms with Crippen molar-refractivity contribution in [1.82, 2.24) is 31.6 Å². The number of nitrogens with zero attached hydrogens (tertiary/aromatic N) is 2. The molecule has 0 spiro atoms. The first-order chi connectivity index (χ1) is 28.8. The number of guanidine groups is 2. The average Bonchev–Trinajstić information content (AvgIpc) is 3.60. The third-order valence-corrected chi connectivity index (χ3v) is 9.45. The number of aliphatic carboxylic acids is 1. The molecular formula is C38H63N15O8. The van der Waals surface area contributed by atoms with Crippen molar-refractivity contribution < 1.29 is 38.7 Å². The number of unbranched alkanes of at least 4 members (excludes halogenated alkanes) is 1. The molecule has 0 fully saturated rings. The van der Waals surface area contributed by atoms with E-state index in [4.69, 9.17) is 40.1 Å². The van der Waals surface area contributed by atoms with Gasteiger partial charge in [0, 0.05) is 36.6 Å². The van der Waals surface area contributed by atoms with Crippen LogP contribution in [0, 0.1) is 5.92 Å². The van der Waals surface area contributed by atoms with Crippen LogP contribution in [0.3, 0.4) is 0 Å². The SMILES string of the molecule is CC(C)[C@H](NC(=O)[C@H](CCCN=C(N)N)NC(=O)[C@H](CCCCN)NC(=O)[C@H](Cc1c[nH]c2ccccc12)NC(=O)[C@@H](N)CC(N)=O)C(=O)N[C@@H](CCCN=C(N)N)C(=O)O. The van der Waals surface area contributed by atoms with E-state index < -0.39 is 90.0 Å². The minimum Gasteiger partial charge on any atom is -0.480 e. The fraction of sp³-hybridized carbons (Fsp3) is 0.553. The number of H-pyrrole nitrogens is 1. The number of nitrogens with one attached hydrogen (secondary N) is 6. The summed E-state index contributed by atoms with van der Waals surface area (Å²) in [7, 11) is 0. The van der Waals surface area contributed by atoms with Crippen molar-refractivity contribution in [1.29, 1.82) is 0 Å². The van der Waals surface area contributed by atoms with Crippen LogP contribution in [0.2, 0.25) is 0 Å². The number of para-hydroxylation sites is 1. The zero-order chi connectivity index (χ0) is 45.6. The summed E-state index contributed by atoms with van der Waals surface area (Å²) < 4.78 is 0. The molecule has 0 aliphatic carbocycles. The van der Waals surface area contributed by atoms with E-state index in [2.05, 4.69) is 41.6 Å². The molecule has 0 aliphatic rings. The third-order valence-electron chi connectivity index (χ3n) is 9.45. The Kier molecular flexibility index (Phi) is 21.5. The quantitative estimate of drug-likeness (QED) is 0.0223. The van der Waals surface area contributed by atoms with Crippen molar-refractivity contribution in [2.75, 3.05) is 19.6 Å². The highest BCUT2D eigenvalue weighted by Crippen LogP contribution is 2.20. The van der Waals surface area contributed by atoms with E-state index in [1.54, 1.807) is 26.1 Å². The fourth-order valence-corrected chi connectivity index (χ4v) is 6.21. The molecule has 0 bridgehead atoms. The summed E-state index contributed by atoms with van der Waals surface area (Å²) in [5.74, 6) is -6.97. The molecular weight excluding hydrogens is 795 g/mol. The van der Waals surface area contributed by atoms with Crippen molar-refractivity contribution in [3.63, 3.8) is 0 Å². The van der Waals surface area contributed by atoms with E-state index in [1.807, 2.05) is 18.2 Å². The van der Waals surface area contributed by atoms with Crippen LogP contribution in [0.25, 0.3) is 10.9 Å². The van der Waals surface area contributed by atoms with Gasteiger partial charge in [0.15, 0.2) is 11.9 Å². The topological polar surface area (TPSA) is 423 Å². The molecule has 61 heavy (non-hydrogen) atoms. The summed E-state index contributed by atoms with van der Waals surface area (Å²) in [6.45, 7) is 3.78. The monoisotopic (exact) mass is 857 g/mol. The lowest BCUT2D eigenvalue weighted by atomic mass is 10.0. The maximum absolute atomic E-state index is 14.1. The number of aliphatic imine (C=N–C) groups is 2. The molecule has 0 radical (unpaired) electrons. The molecule has 0 saturated heterocycles. The van der Waals surface area contributed by atoms with Crippen LogP contribution in [-0.2, 0) is 40.0 Å². The zero-order valence-corrected chi connectivity index (χ0v) is 34.7. The number of carboxylic acids is 1. The Morgan fingerprint density at radius 2 is 1.18 bits per heavy atom. The molecule has 21 N–H and O–H groups in total. The molecule has 23 heteroatoms. The summed E-state index contributed by atoms with van der Waals surface area (Å²) in [6.07, 6.45) is 2.48. The number of hydrogen-bond acceptors (Lipinski definition) is 11. The van der Waals surface area contributed by atoms with Gasteiger partial charge in [-0.15, -0.1) is 0 Å². The van der Waals surface area contributed by atoms with Gasteiger partial charge < -0.3 is 76.8 Å². The van der Waals surface area contributed by atoms with Gasteiger partial charge >= 0.3 is 5.97 Å². The summed E-state index contributed by atoms with van der Waals surface area (Å²) in [5.41, 5.74) is 39.9. The lowest BCUT2D eigenvalue weighted by Crippen LogP contribution is -2.60. The molecule has 6 amide bonds. The van der Waals surface area contributed by atoms with E-state index in [-0.39, 0.29) is 70.1 Å². The highest BCUT2D eigenvalue weighted by atomic mass is 16.4. The third kappa shape index (κ3) is 18.1. The highest BCUT2D eigenvalue weighted by molar-refractivity contribution is 5.97. The maximum atomic E-state index is 14.1. The lowest BCUT2D eigenvalue weighted by Gasteiger charge is -2.28. The van der Waals surface area contributed by atoms with Crippen molar-refractivity contribution in [2.45, 2.75) is 108 Å². The summed E-state index contributed by atoms with van der Waals surface area (Å²) >= 11 is 0. The fourth-order valence-electron chi connectivity index (χ4n) is 6.21. The number of carbonyl (C=O) groups excluding carboxylic acids is 6. The van der Waals surface area contributed by atoms with Crippen LogP contribution in [0.1, 0.15) is 70.8 Å². The van der Waals surface area contributed by atoms with Gasteiger partial charge in [0.05, 0.1) is 12.5 Å². The molecule has 0 saturated carbocycles. The number of nitrogens with two attached hydrogens (primary N) is 7. The first-order valence-corrected chi connectivity index (χ1v) is 20.0. The number of fused-ring (bicyclic) bond motifs is 1. The van der Waals surface area contributed by atoms with Gasteiger partial charge in [-0.25, -0.2) is 4.79 Å². The smallest absolute Gasteiger partial charge is 0.326 e. The normalized spacial score (nSPS) is 14.0. The molecule has 338 valence electrons. The first kappa shape index (κ1) is 50.7. The van der Waals surface area contributed by atoms with Gasteiger partial charge in [-0.3, -0.25) is 38.8 Å². The molecule has 2 aromatic rings. The second-order valence-electron chi connectivity index (χ2n) is 14.8. The number of aromatic amines is 1. The predicted molar refractivity (Wildman–Crippen MR) is 229 cm³/mol. The van der Waals surface area contributed by atoms with Gasteiger partial charge in [-0.2, -0.15) is 0 Å². The van der Waals surface area contributed by atoms with Crippen LogP contribution in [0.15, 0.2) is 40.4 Å². The predicted octanol–water partition coefficient (Wildman–Crippen LogP) is -3.69. The van der Waals surface area contributed by atoms with Crippen molar-refractivity contribution in [2.24, 2.45) is 56.0 Å². The van der Waals surface area contributed by atoms with Gasteiger partial charge in [-0.05, 0) is 69.0 Å². The molecule has 6 atom stereocenters. The lowest BCUT2D eigenvalue weighted by molar-refractivity contribution is -0.142. The van der Waals surface area contributed by atoms with Crippen LogP contribution >= 0.6 is 0 Å². The van der Waals surface area contributed by atoms with E-state index in [0.29, 0.717) is 18.4 Å². The molecule has 2 rings (SSSR count). The van der Waals surface area contributed by atoms with Gasteiger partial charge in [-0.1, -0.05) is 32.0 Å². The van der Waals surface area contributed by atoms with Gasteiger partial charge in [0.1, 0.15) is 30.2 Å². The van der Waals surface area contributed by atoms with E-state index in [1.165, 1.54) is 0 Å². The molecule has 0 aliphatic heterocycles. The van der Waals surface area contributed by atoms with Gasteiger partial charge in [0.2, 0.25) is 35.4 Å². The maximum Gasteiger partial charge on any atom is 0.326 e. The Morgan fingerprint density at radius 1 is 0.672 bits per heavy atom. The number of hydrogen-bond donors (Lipinski definition) is 14. The summed E-state index contributed by atoms with van der Waals surface area (Å²) in [4.78, 5) is 103. The first-order valence-electron chi connectivity index (χ1n) is 20.0. The molecule has 0 unspecified atom stereocenters. The van der Waals surface area contributed by atoms with Crippen molar-refractivity contribution >= 4 is 64.2 Å². The van der Waals surface area contributed by atoms with Crippen LogP contribution in [0.5, 0.6) is 0 Å². The Balaban J connectivity index is 2.40. The van der Waals surface area contributed by atoms with Crippen molar-refractivity contribution in [3.8, 4) is 0 Å². The minimum atomic E-state index is -1.36. The molecule has 1 aromatic carbocycles. The summed E-state index contributed by atoms with van der Waals surface area (Å²) in [5, 5.41) is 23.6. The Labute approximate surface area is 353 Å². The number of carboxylic acid groups (broad SMARTS) is 1. The van der Waals surface area contributed by atoms with Crippen LogP contribution in [0.4, 0.5) is 0 Å². The number of rotatable bonds is 28. The summed E-state index contributed by atoms with van der Waals surface area (Å²) in [6, 6.07) is -0.479. The number of carbonyl (C=O) groups is 7. The van der Waals surface area contributed by atoms with Crippen LogP contribution < -0.4 is 66.7 Å². The van der Waals surface area contributed by atoms with E-state index >= 15 is 0 Å². The van der Waals surface area contributed by atoms with Crippen LogP contribution in [-0.4, -0.2) is 119 Å². The Bertz CT molecular complexity index is 1860. The minimum absolute atomic E-state index is 0.0101. The van der Waals surface area contributed by atoms with Gasteiger partial charge in [0.25, 0.3) is 0 Å². The zero-order valence-electron chi connectivity index (χ0n) is 34.7. The molecule has 1 heterocycles. The largest absolute Gasteiger partial charge is 0.480 e. The second-order valence-corrected chi connectivity index (χ2v) is 14.8. The molecule has 1 aromatic heterocycles. The van der Waals surface area contributed by atoms with E-state index in [9.17, 15) is 38.7 Å². The number of primary amides is 1. The number of benzene rings is 1. The van der Waals surface area contributed by atoms with E-state index in [0.717, 1.165) is 10.9 Å². The number of amides is 6. The average molecular weight is 858 g/mol. The van der Waals surface area contributed by atoms with Crippen molar-refractivity contribution in [3.05, 3.63) is 36.0 Å². The molecule has 23 nitrogen and oxygen atoms in total. The highest BCUT2D eigenvalue weighted by Gasteiger charge is 2.34. The Hall–Kier alpha value is -6.49. The second kappa shape index (κ2) is 25.9. The standard InChI is InChI=1S/C38H63N15O8/c1-20(2)30(35(59)51-27(36(60)61)13-8-16-47-38(44)45)53-33(57)26(12-7-15-46-37(42)43)49-32(56)25(11-5-6-14-39)50-34(58)28(52-31(55)23(40)18-29(41)54)17-21-19-48-24-10-4-3-9-22(21)24/h3-4,9-10,19-20,23,25-28,30,48H,5-8,11-18,39-40H2,1-2H3,(H2,41,54)(H,49,56)(H,50,58)(H,51,59)(H,52,55)(H,53,57)(H,60,61)(H4,42,43,46)(H4,44,45,47)/t23-,25-,26-,27-,28-,30-/m0/s1. The number of aromatic nitrogens is 1. The Morgan fingerprint density at radius 3 is 1.72 bits per heavy atom.